The maximum Gasteiger partial charge on any atom is 0.126 e. The van der Waals surface area contributed by atoms with E-state index in [1.54, 1.807) is 11.3 Å². The molecule has 3 rings (SSSR count). The van der Waals surface area contributed by atoms with Crippen LogP contribution in [0.2, 0.25) is 0 Å². The summed E-state index contributed by atoms with van der Waals surface area (Å²) in [5, 5.41) is 0.924. The van der Waals surface area contributed by atoms with Gasteiger partial charge >= 0.3 is 0 Å². The van der Waals surface area contributed by atoms with Crippen molar-refractivity contribution >= 4 is 75.0 Å². The Kier molecular flexibility index (Phi) is 3.68. The lowest BCUT2D eigenvalue weighted by Crippen LogP contribution is -1.91. The molecular weight excluding hydrogens is 456 g/mol. The van der Waals surface area contributed by atoms with Crippen LogP contribution in [0, 0.1) is 0 Å². The fraction of sp³-hybridized carbons (Fsp3) is 0. The van der Waals surface area contributed by atoms with Gasteiger partial charge in [-0.25, -0.2) is 4.98 Å². The molecule has 19 heavy (non-hydrogen) atoms. The van der Waals surface area contributed by atoms with Crippen LogP contribution in [-0.4, -0.2) is 4.98 Å². The van der Waals surface area contributed by atoms with Gasteiger partial charge in [0.05, 0.1) is 15.9 Å². The number of benzene rings is 2. The SMILES string of the molecule is Nc1c(Br)cc(Br)cc1-c1nc2cc(Br)ccc2s1. The number of hydrogen-bond donors (Lipinski definition) is 1. The Morgan fingerprint density at radius 2 is 1.79 bits per heavy atom. The van der Waals surface area contributed by atoms with Crippen molar-refractivity contribution in [1.29, 1.82) is 0 Å². The Balaban J connectivity index is 2.24. The first kappa shape index (κ1) is 13.5. The average molecular weight is 463 g/mol. The van der Waals surface area contributed by atoms with Gasteiger partial charge in [-0.05, 0) is 46.3 Å². The van der Waals surface area contributed by atoms with Gasteiger partial charge in [-0.1, -0.05) is 31.9 Å². The highest BCUT2D eigenvalue weighted by molar-refractivity contribution is 9.11. The summed E-state index contributed by atoms with van der Waals surface area (Å²) in [5.41, 5.74) is 8.75. The number of nitrogens with two attached hydrogens (primary N) is 1. The van der Waals surface area contributed by atoms with Gasteiger partial charge in [0.15, 0.2) is 0 Å². The lowest BCUT2D eigenvalue weighted by Gasteiger charge is -2.05. The molecule has 0 unspecified atom stereocenters. The van der Waals surface area contributed by atoms with E-state index in [0.717, 1.165) is 34.2 Å². The number of anilines is 1. The van der Waals surface area contributed by atoms with E-state index in [1.807, 2.05) is 24.3 Å². The molecule has 0 aliphatic carbocycles. The molecule has 0 amide bonds. The number of aromatic nitrogens is 1. The highest BCUT2D eigenvalue weighted by Gasteiger charge is 2.12. The summed E-state index contributed by atoms with van der Waals surface area (Å²) >= 11 is 12.0. The van der Waals surface area contributed by atoms with Crippen LogP contribution < -0.4 is 5.73 Å². The predicted octanol–water partition coefficient (Wildman–Crippen LogP) is 5.83. The van der Waals surface area contributed by atoms with Crippen LogP contribution in [-0.2, 0) is 0 Å². The largest absolute Gasteiger partial charge is 0.397 e. The van der Waals surface area contributed by atoms with E-state index in [4.69, 9.17) is 5.73 Å². The summed E-state index contributed by atoms with van der Waals surface area (Å²) < 4.78 is 4.02. The van der Waals surface area contributed by atoms with Gasteiger partial charge in [-0.2, -0.15) is 0 Å². The molecule has 0 radical (unpaired) electrons. The molecule has 6 heteroatoms. The highest BCUT2D eigenvalue weighted by Crippen LogP contribution is 2.39. The maximum atomic E-state index is 6.12. The molecule has 0 bridgehead atoms. The van der Waals surface area contributed by atoms with Crippen LogP contribution in [0.4, 0.5) is 5.69 Å². The zero-order valence-corrected chi connectivity index (χ0v) is 15.0. The van der Waals surface area contributed by atoms with E-state index < -0.39 is 0 Å². The standard InChI is InChI=1S/C13H7Br3N2S/c14-6-1-2-11-10(5-6)18-13(19-11)8-3-7(15)4-9(16)12(8)17/h1-5H,17H2. The van der Waals surface area contributed by atoms with Gasteiger partial charge in [0, 0.05) is 19.0 Å². The van der Waals surface area contributed by atoms with E-state index in [0.29, 0.717) is 5.69 Å². The molecule has 0 saturated heterocycles. The number of nitrogen functional groups attached to an aromatic ring is 1. The van der Waals surface area contributed by atoms with Crippen molar-refractivity contribution < 1.29 is 0 Å². The minimum atomic E-state index is 0.710. The summed E-state index contributed by atoms with van der Waals surface area (Å²) in [6, 6.07) is 10.0. The third-order valence-corrected chi connectivity index (χ3v) is 5.35. The molecule has 0 aliphatic heterocycles. The summed E-state index contributed by atoms with van der Waals surface area (Å²) in [6.07, 6.45) is 0. The Morgan fingerprint density at radius 1 is 1.00 bits per heavy atom. The lowest BCUT2D eigenvalue weighted by molar-refractivity contribution is 1.46. The molecule has 0 saturated carbocycles. The Bertz CT molecular complexity index is 783. The van der Waals surface area contributed by atoms with Crippen molar-refractivity contribution in [3.8, 4) is 10.6 Å². The molecule has 3 aromatic rings. The van der Waals surface area contributed by atoms with Crippen molar-refractivity contribution in [2.75, 3.05) is 5.73 Å². The van der Waals surface area contributed by atoms with Crippen LogP contribution >= 0.6 is 59.1 Å². The summed E-state index contributed by atoms with van der Waals surface area (Å²) in [5.74, 6) is 0. The van der Waals surface area contributed by atoms with Crippen LogP contribution in [0.15, 0.2) is 43.7 Å². The minimum absolute atomic E-state index is 0.710. The van der Waals surface area contributed by atoms with Gasteiger partial charge in [-0.15, -0.1) is 11.3 Å². The zero-order valence-electron chi connectivity index (χ0n) is 9.45. The van der Waals surface area contributed by atoms with Crippen LogP contribution in [0.3, 0.4) is 0 Å². The van der Waals surface area contributed by atoms with E-state index in [2.05, 4.69) is 58.8 Å². The second-order valence-electron chi connectivity index (χ2n) is 3.98. The van der Waals surface area contributed by atoms with Crippen molar-refractivity contribution in [3.05, 3.63) is 43.7 Å². The minimum Gasteiger partial charge on any atom is -0.397 e. The molecule has 2 N–H and O–H groups in total. The smallest absolute Gasteiger partial charge is 0.126 e. The van der Waals surface area contributed by atoms with E-state index in [1.165, 1.54) is 0 Å². The fourth-order valence-electron chi connectivity index (χ4n) is 1.78. The third-order valence-electron chi connectivity index (χ3n) is 2.67. The monoisotopic (exact) mass is 460 g/mol. The van der Waals surface area contributed by atoms with Gasteiger partial charge in [0.2, 0.25) is 0 Å². The summed E-state index contributed by atoms with van der Waals surface area (Å²) in [4.78, 5) is 4.65. The molecule has 0 aliphatic rings. The third kappa shape index (κ3) is 2.59. The van der Waals surface area contributed by atoms with E-state index in [9.17, 15) is 0 Å². The normalized spacial score (nSPS) is 11.1. The number of fused-ring (bicyclic) bond motifs is 1. The quantitative estimate of drug-likeness (QED) is 0.462. The summed E-state index contributed by atoms with van der Waals surface area (Å²) in [7, 11) is 0. The van der Waals surface area contributed by atoms with Gasteiger partial charge in [-0.3, -0.25) is 0 Å². The van der Waals surface area contributed by atoms with Gasteiger partial charge in [0.1, 0.15) is 5.01 Å². The molecular formula is C13H7Br3N2S. The molecule has 0 fully saturated rings. The number of rotatable bonds is 1. The van der Waals surface area contributed by atoms with Gasteiger partial charge in [0.25, 0.3) is 0 Å². The molecule has 0 atom stereocenters. The molecule has 0 spiro atoms. The van der Waals surface area contributed by atoms with Crippen LogP contribution in [0.5, 0.6) is 0 Å². The first-order chi connectivity index (χ1) is 9.04. The second-order valence-corrected chi connectivity index (χ2v) is 7.70. The molecule has 1 heterocycles. The summed E-state index contributed by atoms with van der Waals surface area (Å²) in [6.45, 7) is 0. The molecule has 1 aromatic heterocycles. The lowest BCUT2D eigenvalue weighted by atomic mass is 10.2. The fourth-order valence-corrected chi connectivity index (χ4v) is 4.33. The highest BCUT2D eigenvalue weighted by atomic mass is 79.9. The molecule has 2 aromatic carbocycles. The molecule has 2 nitrogen and oxygen atoms in total. The number of hydrogen-bond acceptors (Lipinski definition) is 3. The Hall–Kier alpha value is -0.430. The van der Waals surface area contributed by atoms with Crippen LogP contribution in [0.1, 0.15) is 0 Å². The Labute approximate surface area is 139 Å². The van der Waals surface area contributed by atoms with Gasteiger partial charge < -0.3 is 5.73 Å². The number of nitrogens with zero attached hydrogens (tertiary/aromatic N) is 1. The average Bonchev–Trinajstić information content (AvgIpc) is 2.76. The molecule has 96 valence electrons. The first-order valence-corrected chi connectivity index (χ1v) is 8.55. The van der Waals surface area contributed by atoms with Crippen molar-refractivity contribution in [1.82, 2.24) is 4.98 Å². The number of halogens is 3. The maximum absolute atomic E-state index is 6.12. The van der Waals surface area contributed by atoms with Crippen LogP contribution in [0.25, 0.3) is 20.8 Å². The predicted molar refractivity (Wildman–Crippen MR) is 92.6 cm³/mol. The van der Waals surface area contributed by atoms with Crippen molar-refractivity contribution in [2.24, 2.45) is 0 Å². The van der Waals surface area contributed by atoms with E-state index >= 15 is 0 Å². The topological polar surface area (TPSA) is 38.9 Å². The Morgan fingerprint density at radius 3 is 2.58 bits per heavy atom. The second kappa shape index (κ2) is 5.16. The number of thiazole rings is 1. The van der Waals surface area contributed by atoms with Crippen molar-refractivity contribution in [3.63, 3.8) is 0 Å². The van der Waals surface area contributed by atoms with Crippen molar-refractivity contribution in [2.45, 2.75) is 0 Å². The first-order valence-electron chi connectivity index (χ1n) is 5.35. The zero-order chi connectivity index (χ0) is 13.6. The van der Waals surface area contributed by atoms with E-state index in [-0.39, 0.29) is 0 Å².